The maximum atomic E-state index is 11.8. The molecule has 6 nitrogen and oxygen atoms in total. The van der Waals surface area contributed by atoms with Gasteiger partial charge in [0.25, 0.3) is 5.91 Å². The van der Waals surface area contributed by atoms with Gasteiger partial charge in [-0.1, -0.05) is 0 Å². The summed E-state index contributed by atoms with van der Waals surface area (Å²) in [4.78, 5) is 23.5. The molecule has 0 aliphatic carbocycles. The Balaban J connectivity index is 1.83. The number of nitrogens with one attached hydrogen (secondary N) is 1. The number of aromatic nitrogens is 1. The van der Waals surface area contributed by atoms with Crippen LogP contribution in [0.3, 0.4) is 0 Å². The molecule has 116 valence electrons. The van der Waals surface area contributed by atoms with Crippen LogP contribution in [-0.2, 0) is 16.6 Å². The molecule has 1 amide bonds. The SMILES string of the molecule is CCOc1ccc(NC(=O)COC(=O)c2cccn2C)cc1. The number of anilines is 1. The number of benzene rings is 1. The number of ether oxygens (including phenoxy) is 2. The number of carbonyl (C=O) groups is 2. The highest BCUT2D eigenvalue weighted by Gasteiger charge is 2.12. The quantitative estimate of drug-likeness (QED) is 0.831. The zero-order chi connectivity index (χ0) is 15.9. The molecule has 0 unspecified atom stereocenters. The highest BCUT2D eigenvalue weighted by Crippen LogP contribution is 2.15. The van der Waals surface area contributed by atoms with E-state index in [1.54, 1.807) is 54.2 Å². The van der Waals surface area contributed by atoms with Gasteiger partial charge in [-0.25, -0.2) is 4.79 Å². The molecule has 0 saturated carbocycles. The maximum absolute atomic E-state index is 11.8. The third kappa shape index (κ3) is 4.12. The molecule has 2 aromatic rings. The molecule has 0 fully saturated rings. The van der Waals surface area contributed by atoms with Crippen LogP contribution < -0.4 is 10.1 Å². The second-order valence-corrected chi connectivity index (χ2v) is 4.59. The van der Waals surface area contributed by atoms with Crippen LogP contribution in [0.25, 0.3) is 0 Å². The van der Waals surface area contributed by atoms with Crippen LogP contribution in [0.1, 0.15) is 17.4 Å². The van der Waals surface area contributed by atoms with E-state index in [1.165, 1.54) is 0 Å². The average molecular weight is 302 g/mol. The lowest BCUT2D eigenvalue weighted by Crippen LogP contribution is -2.21. The summed E-state index contributed by atoms with van der Waals surface area (Å²) in [6.07, 6.45) is 1.73. The average Bonchev–Trinajstić information content (AvgIpc) is 2.93. The third-order valence-electron chi connectivity index (χ3n) is 2.94. The lowest BCUT2D eigenvalue weighted by Gasteiger charge is -2.08. The van der Waals surface area contributed by atoms with Gasteiger partial charge < -0.3 is 19.4 Å². The summed E-state index contributed by atoms with van der Waals surface area (Å²) < 4.78 is 11.9. The lowest BCUT2D eigenvalue weighted by atomic mass is 10.3. The van der Waals surface area contributed by atoms with Crippen LogP contribution in [0.15, 0.2) is 42.6 Å². The minimum Gasteiger partial charge on any atom is -0.494 e. The van der Waals surface area contributed by atoms with Crippen LogP contribution >= 0.6 is 0 Å². The van der Waals surface area contributed by atoms with Gasteiger partial charge >= 0.3 is 5.97 Å². The van der Waals surface area contributed by atoms with Crippen molar-refractivity contribution in [2.75, 3.05) is 18.5 Å². The molecule has 0 radical (unpaired) electrons. The van der Waals surface area contributed by atoms with E-state index in [0.717, 1.165) is 5.75 Å². The summed E-state index contributed by atoms with van der Waals surface area (Å²) in [6.45, 7) is 2.15. The van der Waals surface area contributed by atoms with Crippen molar-refractivity contribution in [1.29, 1.82) is 0 Å². The number of esters is 1. The molecule has 6 heteroatoms. The molecule has 1 aromatic carbocycles. The number of nitrogens with zero attached hydrogens (tertiary/aromatic N) is 1. The second-order valence-electron chi connectivity index (χ2n) is 4.59. The van der Waals surface area contributed by atoms with Crippen LogP contribution in [0.4, 0.5) is 5.69 Å². The number of rotatable bonds is 6. The Morgan fingerprint density at radius 2 is 1.91 bits per heavy atom. The van der Waals surface area contributed by atoms with E-state index in [-0.39, 0.29) is 6.61 Å². The van der Waals surface area contributed by atoms with Crippen molar-refractivity contribution in [3.05, 3.63) is 48.3 Å². The van der Waals surface area contributed by atoms with Crippen molar-refractivity contribution < 1.29 is 19.1 Å². The highest BCUT2D eigenvalue weighted by molar-refractivity contribution is 5.94. The van der Waals surface area contributed by atoms with Gasteiger partial charge in [-0.2, -0.15) is 0 Å². The summed E-state index contributed by atoms with van der Waals surface area (Å²) in [5.41, 5.74) is 1.01. The van der Waals surface area contributed by atoms with Crippen molar-refractivity contribution >= 4 is 17.6 Å². The summed E-state index contributed by atoms with van der Waals surface area (Å²) in [7, 11) is 1.73. The zero-order valence-corrected chi connectivity index (χ0v) is 12.5. The number of carbonyl (C=O) groups excluding carboxylic acids is 2. The van der Waals surface area contributed by atoms with E-state index in [1.807, 2.05) is 6.92 Å². The van der Waals surface area contributed by atoms with Crippen molar-refractivity contribution in [2.24, 2.45) is 7.05 Å². The molecule has 1 N–H and O–H groups in total. The molecule has 0 aliphatic rings. The predicted octanol–water partition coefficient (Wildman–Crippen LogP) is 2.22. The van der Waals surface area contributed by atoms with Gasteiger partial charge in [-0.3, -0.25) is 4.79 Å². The Kier molecular flexibility index (Phi) is 5.19. The van der Waals surface area contributed by atoms with Crippen molar-refractivity contribution in [3.63, 3.8) is 0 Å². The Hall–Kier alpha value is -2.76. The van der Waals surface area contributed by atoms with Gasteiger partial charge in [0.2, 0.25) is 0 Å². The van der Waals surface area contributed by atoms with E-state index in [9.17, 15) is 9.59 Å². The predicted molar refractivity (Wildman–Crippen MR) is 81.9 cm³/mol. The Morgan fingerprint density at radius 3 is 2.50 bits per heavy atom. The second kappa shape index (κ2) is 7.31. The molecule has 2 rings (SSSR count). The normalized spacial score (nSPS) is 10.1. The molecule has 0 saturated heterocycles. The molecule has 0 atom stereocenters. The summed E-state index contributed by atoms with van der Waals surface area (Å²) in [5.74, 6) is -0.198. The maximum Gasteiger partial charge on any atom is 0.355 e. The molecular formula is C16H18N2O4. The van der Waals surface area contributed by atoms with E-state index in [2.05, 4.69) is 5.32 Å². The van der Waals surface area contributed by atoms with Crippen LogP contribution in [0, 0.1) is 0 Å². The number of hydrogen-bond acceptors (Lipinski definition) is 4. The molecular weight excluding hydrogens is 284 g/mol. The summed E-state index contributed by atoms with van der Waals surface area (Å²) >= 11 is 0. The van der Waals surface area contributed by atoms with Gasteiger partial charge in [-0.15, -0.1) is 0 Å². The van der Waals surface area contributed by atoms with Gasteiger partial charge in [0.05, 0.1) is 6.61 Å². The largest absolute Gasteiger partial charge is 0.494 e. The van der Waals surface area contributed by atoms with Crippen molar-refractivity contribution in [3.8, 4) is 5.75 Å². The molecule has 0 bridgehead atoms. The number of aryl methyl sites for hydroxylation is 1. The monoisotopic (exact) mass is 302 g/mol. The van der Waals surface area contributed by atoms with E-state index >= 15 is 0 Å². The Morgan fingerprint density at radius 1 is 1.18 bits per heavy atom. The first-order chi connectivity index (χ1) is 10.6. The van der Waals surface area contributed by atoms with Crippen LogP contribution in [0.2, 0.25) is 0 Å². The van der Waals surface area contributed by atoms with Gasteiger partial charge in [-0.05, 0) is 43.3 Å². The fourth-order valence-electron chi connectivity index (χ4n) is 1.88. The minimum absolute atomic E-state index is 0.336. The topological polar surface area (TPSA) is 69.6 Å². The fraction of sp³-hybridized carbons (Fsp3) is 0.250. The van der Waals surface area contributed by atoms with Crippen LogP contribution in [-0.4, -0.2) is 29.7 Å². The lowest BCUT2D eigenvalue weighted by molar-refractivity contribution is -0.119. The summed E-state index contributed by atoms with van der Waals surface area (Å²) in [6, 6.07) is 10.3. The van der Waals surface area contributed by atoms with Gasteiger partial charge in [0.15, 0.2) is 6.61 Å². The van der Waals surface area contributed by atoms with Crippen molar-refractivity contribution in [1.82, 2.24) is 4.57 Å². The number of amides is 1. The fourth-order valence-corrected chi connectivity index (χ4v) is 1.88. The van der Waals surface area contributed by atoms with E-state index in [0.29, 0.717) is 18.0 Å². The molecule has 1 aromatic heterocycles. The molecule has 0 aliphatic heterocycles. The zero-order valence-electron chi connectivity index (χ0n) is 12.5. The molecule has 22 heavy (non-hydrogen) atoms. The Bertz CT molecular complexity index is 646. The first-order valence-electron chi connectivity index (χ1n) is 6.91. The van der Waals surface area contributed by atoms with Gasteiger partial charge in [0.1, 0.15) is 11.4 Å². The van der Waals surface area contributed by atoms with Crippen molar-refractivity contribution in [2.45, 2.75) is 6.92 Å². The van der Waals surface area contributed by atoms with Gasteiger partial charge in [0, 0.05) is 18.9 Å². The number of hydrogen-bond donors (Lipinski definition) is 1. The molecule has 0 spiro atoms. The van der Waals surface area contributed by atoms with E-state index < -0.39 is 11.9 Å². The molecule has 1 heterocycles. The van der Waals surface area contributed by atoms with E-state index in [4.69, 9.17) is 9.47 Å². The first-order valence-corrected chi connectivity index (χ1v) is 6.91. The first kappa shape index (κ1) is 15.6. The third-order valence-corrected chi connectivity index (χ3v) is 2.94. The standard InChI is InChI=1S/C16H18N2O4/c1-3-21-13-8-6-12(7-9-13)17-15(19)11-22-16(20)14-5-4-10-18(14)2/h4-10H,3,11H2,1-2H3,(H,17,19). The van der Waals surface area contributed by atoms with Crippen LogP contribution in [0.5, 0.6) is 5.75 Å². The Labute approximate surface area is 128 Å². The summed E-state index contributed by atoms with van der Waals surface area (Å²) in [5, 5.41) is 2.65. The minimum atomic E-state index is -0.533. The smallest absolute Gasteiger partial charge is 0.355 e. The highest BCUT2D eigenvalue weighted by atomic mass is 16.5.